The number of hydrogen-bond donors (Lipinski definition) is 2. The fourth-order valence-electron chi connectivity index (χ4n) is 2.76. The zero-order chi connectivity index (χ0) is 14.6. The molecular weight excluding hydrogens is 278 g/mol. The Labute approximate surface area is 118 Å². The highest BCUT2D eigenvalue weighted by Gasteiger charge is 2.36. The lowest BCUT2D eigenvalue weighted by atomic mass is 9.89. The molecule has 1 aromatic carbocycles. The van der Waals surface area contributed by atoms with E-state index in [-0.39, 0.29) is 10.8 Å². The quantitative estimate of drug-likeness (QED) is 0.895. The van der Waals surface area contributed by atoms with Gasteiger partial charge in [-0.25, -0.2) is 13.2 Å². The predicted octanol–water partition coefficient (Wildman–Crippen LogP) is 2.63. The molecule has 2 N–H and O–H groups in total. The van der Waals surface area contributed by atoms with Gasteiger partial charge in [0, 0.05) is 0 Å². The molecule has 20 heavy (non-hydrogen) atoms. The molecule has 1 saturated carbocycles. The van der Waals surface area contributed by atoms with Gasteiger partial charge < -0.3 is 10.4 Å². The Bertz CT molecular complexity index is 550. The number of benzene rings is 1. The van der Waals surface area contributed by atoms with E-state index in [0.29, 0.717) is 0 Å². The molecule has 1 fully saturated rings. The zero-order valence-corrected chi connectivity index (χ0v) is 12.0. The molecule has 0 bridgehead atoms. The maximum absolute atomic E-state index is 12.6. The average molecular weight is 297 g/mol. The molecule has 0 aromatic heterocycles. The third-order valence-corrected chi connectivity index (χ3v) is 5.85. The molecule has 2 rings (SSSR count). The zero-order valence-electron chi connectivity index (χ0n) is 11.2. The normalized spacial score (nSPS) is 18.4. The summed E-state index contributed by atoms with van der Waals surface area (Å²) in [6, 6.07) is 8.04. The molecule has 0 aliphatic heterocycles. The van der Waals surface area contributed by atoms with Crippen LogP contribution in [0.3, 0.4) is 0 Å². The number of sulfone groups is 1. The lowest BCUT2D eigenvalue weighted by molar-refractivity contribution is 0.186. The monoisotopic (exact) mass is 297 g/mol. The van der Waals surface area contributed by atoms with Crippen LogP contribution in [0.25, 0.3) is 0 Å². The average Bonchev–Trinajstić information content (AvgIpc) is 2.46. The van der Waals surface area contributed by atoms with Crippen molar-refractivity contribution in [1.29, 1.82) is 0 Å². The van der Waals surface area contributed by atoms with Gasteiger partial charge in [-0.3, -0.25) is 0 Å². The molecule has 1 amide bonds. The second-order valence-corrected chi connectivity index (χ2v) is 7.20. The third-order valence-electron chi connectivity index (χ3n) is 3.75. The Morgan fingerprint density at radius 1 is 1.15 bits per heavy atom. The van der Waals surface area contributed by atoms with Gasteiger partial charge in [0.15, 0.2) is 9.84 Å². The first kappa shape index (κ1) is 14.8. The van der Waals surface area contributed by atoms with Crippen LogP contribution in [0.4, 0.5) is 4.79 Å². The van der Waals surface area contributed by atoms with Crippen LogP contribution >= 0.6 is 0 Å². The molecule has 0 spiro atoms. The van der Waals surface area contributed by atoms with Gasteiger partial charge in [-0.1, -0.05) is 37.5 Å². The van der Waals surface area contributed by atoms with E-state index in [0.717, 1.165) is 32.1 Å². The van der Waals surface area contributed by atoms with Gasteiger partial charge >= 0.3 is 6.09 Å². The summed E-state index contributed by atoms with van der Waals surface area (Å²) in [4.78, 5) is 11.1. The number of rotatable bonds is 4. The summed E-state index contributed by atoms with van der Waals surface area (Å²) in [7, 11) is -3.69. The van der Waals surface area contributed by atoms with Crippen LogP contribution in [0.2, 0.25) is 0 Å². The van der Waals surface area contributed by atoms with Gasteiger partial charge in [-0.15, -0.1) is 0 Å². The van der Waals surface area contributed by atoms with Crippen LogP contribution < -0.4 is 5.32 Å². The highest BCUT2D eigenvalue weighted by atomic mass is 32.2. The van der Waals surface area contributed by atoms with Crippen molar-refractivity contribution in [3.05, 3.63) is 30.3 Å². The second-order valence-electron chi connectivity index (χ2n) is 5.13. The van der Waals surface area contributed by atoms with Crippen LogP contribution in [0.15, 0.2) is 35.2 Å². The van der Waals surface area contributed by atoms with E-state index in [2.05, 4.69) is 5.32 Å². The lowest BCUT2D eigenvalue weighted by Crippen LogP contribution is -2.45. The molecule has 1 unspecified atom stereocenters. The number of hydrogen-bond acceptors (Lipinski definition) is 3. The van der Waals surface area contributed by atoms with Crippen molar-refractivity contribution in [2.24, 2.45) is 5.92 Å². The molecule has 1 aromatic rings. The summed E-state index contributed by atoms with van der Waals surface area (Å²) in [5.74, 6) is -0.148. The standard InChI is InChI=1S/C14H19NO4S/c16-14(17)15-13(11-7-3-1-4-8-11)20(18,19)12-9-5-2-6-10-12/h2,5-6,9-11,13,15H,1,3-4,7-8H2,(H,16,17). The van der Waals surface area contributed by atoms with Crippen molar-refractivity contribution in [2.75, 3.05) is 0 Å². The summed E-state index contributed by atoms with van der Waals surface area (Å²) < 4.78 is 25.3. The topological polar surface area (TPSA) is 83.5 Å². The first-order valence-corrected chi connectivity index (χ1v) is 8.35. The summed E-state index contributed by atoms with van der Waals surface area (Å²) in [6.07, 6.45) is 3.19. The molecule has 0 saturated heterocycles. The number of carboxylic acid groups (broad SMARTS) is 1. The van der Waals surface area contributed by atoms with E-state index in [4.69, 9.17) is 5.11 Å². The molecule has 0 heterocycles. The first-order valence-electron chi connectivity index (χ1n) is 6.80. The summed E-state index contributed by atoms with van der Waals surface area (Å²) in [5, 5.41) is 10.1. The molecule has 1 atom stereocenters. The number of amides is 1. The minimum absolute atomic E-state index is 0.148. The van der Waals surface area contributed by atoms with Gasteiger partial charge in [0.05, 0.1) is 4.90 Å². The van der Waals surface area contributed by atoms with Crippen molar-refractivity contribution in [1.82, 2.24) is 5.32 Å². The largest absolute Gasteiger partial charge is 0.465 e. The predicted molar refractivity (Wildman–Crippen MR) is 75.2 cm³/mol. The van der Waals surface area contributed by atoms with Gasteiger partial charge in [-0.05, 0) is 30.9 Å². The van der Waals surface area contributed by atoms with Crippen molar-refractivity contribution in [2.45, 2.75) is 42.4 Å². The van der Waals surface area contributed by atoms with Crippen molar-refractivity contribution in [3.63, 3.8) is 0 Å². The van der Waals surface area contributed by atoms with Gasteiger partial charge in [-0.2, -0.15) is 0 Å². The fourth-order valence-corrected chi connectivity index (χ4v) is 4.63. The molecule has 110 valence electrons. The Kier molecular flexibility index (Phi) is 4.65. The van der Waals surface area contributed by atoms with E-state index in [1.165, 1.54) is 12.1 Å². The SMILES string of the molecule is O=C(O)NC(C1CCCCC1)S(=O)(=O)c1ccccc1. The Morgan fingerprint density at radius 2 is 1.75 bits per heavy atom. The molecule has 5 nitrogen and oxygen atoms in total. The third kappa shape index (κ3) is 3.30. The van der Waals surface area contributed by atoms with Gasteiger partial charge in [0.1, 0.15) is 5.37 Å². The highest BCUT2D eigenvalue weighted by Crippen LogP contribution is 2.31. The Hall–Kier alpha value is -1.56. The summed E-state index contributed by atoms with van der Waals surface area (Å²) >= 11 is 0. The number of carbonyl (C=O) groups is 1. The summed E-state index contributed by atoms with van der Waals surface area (Å²) in [5.41, 5.74) is 0. The molecule has 6 heteroatoms. The minimum Gasteiger partial charge on any atom is -0.465 e. The Balaban J connectivity index is 2.32. The Morgan fingerprint density at radius 3 is 2.30 bits per heavy atom. The van der Waals surface area contributed by atoms with E-state index in [1.54, 1.807) is 18.2 Å². The lowest BCUT2D eigenvalue weighted by Gasteiger charge is -2.29. The fraction of sp³-hybridized carbons (Fsp3) is 0.500. The smallest absolute Gasteiger partial charge is 0.405 e. The van der Waals surface area contributed by atoms with Crippen LogP contribution in [0.1, 0.15) is 32.1 Å². The van der Waals surface area contributed by atoms with Crippen LogP contribution in [-0.2, 0) is 9.84 Å². The molecular formula is C14H19NO4S. The van der Waals surface area contributed by atoms with Crippen molar-refractivity contribution >= 4 is 15.9 Å². The van der Waals surface area contributed by atoms with Crippen molar-refractivity contribution in [3.8, 4) is 0 Å². The van der Waals surface area contributed by atoms with E-state index in [9.17, 15) is 13.2 Å². The first-order chi connectivity index (χ1) is 9.51. The van der Waals surface area contributed by atoms with Crippen molar-refractivity contribution < 1.29 is 18.3 Å². The molecule has 0 radical (unpaired) electrons. The number of nitrogens with one attached hydrogen (secondary N) is 1. The minimum atomic E-state index is -3.69. The molecule has 1 aliphatic carbocycles. The van der Waals surface area contributed by atoms with Crippen LogP contribution in [0.5, 0.6) is 0 Å². The summed E-state index contributed by atoms with van der Waals surface area (Å²) in [6.45, 7) is 0. The van der Waals surface area contributed by atoms with E-state index in [1.807, 2.05) is 0 Å². The highest BCUT2D eigenvalue weighted by molar-refractivity contribution is 7.92. The maximum atomic E-state index is 12.6. The maximum Gasteiger partial charge on any atom is 0.405 e. The second kappa shape index (κ2) is 6.26. The van der Waals surface area contributed by atoms with E-state index >= 15 is 0 Å². The van der Waals surface area contributed by atoms with Crippen LogP contribution in [0, 0.1) is 5.92 Å². The van der Waals surface area contributed by atoms with Gasteiger partial charge in [0.2, 0.25) is 0 Å². The molecule has 1 aliphatic rings. The van der Waals surface area contributed by atoms with E-state index < -0.39 is 21.3 Å². The van der Waals surface area contributed by atoms with Gasteiger partial charge in [0.25, 0.3) is 0 Å². The van der Waals surface area contributed by atoms with Crippen LogP contribution in [-0.4, -0.2) is 25.0 Å².